The van der Waals surface area contributed by atoms with E-state index in [-0.39, 0.29) is 0 Å². The van der Waals surface area contributed by atoms with E-state index in [0.717, 1.165) is 12.1 Å². The number of aromatic nitrogens is 3. The Bertz CT molecular complexity index is 1300. The van der Waals surface area contributed by atoms with Crippen LogP contribution in [-0.2, 0) is 11.0 Å². The van der Waals surface area contributed by atoms with Gasteiger partial charge in [0.05, 0.1) is 5.56 Å². The van der Waals surface area contributed by atoms with Crippen molar-refractivity contribution in [1.29, 1.82) is 0 Å². The molecule has 0 radical (unpaired) electrons. The van der Waals surface area contributed by atoms with Crippen LogP contribution in [-0.4, -0.2) is 45.0 Å². The van der Waals surface area contributed by atoms with E-state index in [1.807, 2.05) is 0 Å². The summed E-state index contributed by atoms with van der Waals surface area (Å²) in [5.74, 6) is -0.477. The van der Waals surface area contributed by atoms with Crippen molar-refractivity contribution >= 4 is 16.9 Å². The van der Waals surface area contributed by atoms with Gasteiger partial charge in [-0.05, 0) is 29.8 Å². The summed E-state index contributed by atoms with van der Waals surface area (Å²) < 4.78 is 39.4. The van der Waals surface area contributed by atoms with E-state index >= 15 is 0 Å². The minimum atomic E-state index is -4.44. The van der Waals surface area contributed by atoms with Crippen LogP contribution in [0.15, 0.2) is 61.2 Å². The maximum absolute atomic E-state index is 13.1. The summed E-state index contributed by atoms with van der Waals surface area (Å²) >= 11 is 0. The molecule has 0 fully saturated rings. The Hall–Kier alpha value is -3.72. The number of likely N-dealkylation sites (N-methyl/N-ethyl adjacent to an activating group) is 1. The molecule has 0 spiro atoms. The monoisotopic (exact) mass is 440 g/mol. The molecule has 1 unspecified atom stereocenters. The quantitative estimate of drug-likeness (QED) is 0.492. The van der Waals surface area contributed by atoms with Crippen LogP contribution < -0.4 is 0 Å². The summed E-state index contributed by atoms with van der Waals surface area (Å²) in [6.07, 6.45) is 0.382. The molecule has 0 aliphatic heterocycles. The minimum absolute atomic E-state index is 0.327. The van der Waals surface area contributed by atoms with Crippen LogP contribution in [0.1, 0.15) is 17.2 Å². The number of alkyl halides is 3. The lowest BCUT2D eigenvalue weighted by atomic mass is 10.00. The van der Waals surface area contributed by atoms with E-state index in [1.165, 1.54) is 17.2 Å². The van der Waals surface area contributed by atoms with Crippen LogP contribution in [0.2, 0.25) is 0 Å². The molecule has 0 aliphatic rings. The second kappa shape index (κ2) is 8.08. The fourth-order valence-corrected chi connectivity index (χ4v) is 3.42. The van der Waals surface area contributed by atoms with E-state index < -0.39 is 23.8 Å². The van der Waals surface area contributed by atoms with E-state index in [0.29, 0.717) is 38.9 Å². The number of aromatic amines is 1. The Balaban J connectivity index is 1.76. The van der Waals surface area contributed by atoms with Crippen LogP contribution in [0.4, 0.5) is 13.2 Å². The molecule has 0 bridgehead atoms. The van der Waals surface area contributed by atoms with E-state index in [1.54, 1.807) is 50.9 Å². The molecule has 3 aromatic heterocycles. The first-order valence-electron chi connectivity index (χ1n) is 9.64. The van der Waals surface area contributed by atoms with Crippen molar-refractivity contribution < 1.29 is 23.1 Å². The van der Waals surface area contributed by atoms with Crippen LogP contribution >= 0.6 is 0 Å². The van der Waals surface area contributed by atoms with Crippen LogP contribution in [0.25, 0.3) is 33.3 Å². The number of nitrogens with one attached hydrogen (secondary N) is 1. The fraction of sp³-hybridized carbons (Fsp3) is 0.174. The van der Waals surface area contributed by atoms with Crippen molar-refractivity contribution in [2.75, 3.05) is 14.1 Å². The lowest BCUT2D eigenvalue weighted by molar-refractivity contribution is -0.138. The number of rotatable bonds is 4. The number of nitrogens with zero attached hydrogens (tertiary/aromatic N) is 3. The smallest absolute Gasteiger partial charge is 0.378 e. The molecule has 1 aromatic carbocycles. The number of amides is 1. The number of pyridine rings is 2. The maximum atomic E-state index is 13.1. The van der Waals surface area contributed by atoms with Crippen molar-refractivity contribution in [1.82, 2.24) is 19.9 Å². The lowest BCUT2D eigenvalue weighted by Gasteiger charge is -2.16. The lowest BCUT2D eigenvalue weighted by Crippen LogP contribution is -2.28. The molecule has 3 heterocycles. The number of H-pyrrole nitrogens is 1. The van der Waals surface area contributed by atoms with Gasteiger partial charge in [-0.25, -0.2) is 4.98 Å². The zero-order valence-corrected chi connectivity index (χ0v) is 17.2. The molecule has 0 aliphatic carbocycles. The summed E-state index contributed by atoms with van der Waals surface area (Å²) in [5.41, 5.74) is 2.35. The number of carbonyl (C=O) groups excluding carboxylic acids is 1. The van der Waals surface area contributed by atoms with Crippen LogP contribution in [0, 0.1) is 0 Å². The first kappa shape index (κ1) is 21.5. The molecular formula is C23H19F3N4O2. The average molecular weight is 440 g/mol. The molecule has 1 amide bonds. The Kier molecular flexibility index (Phi) is 5.43. The molecule has 164 valence electrons. The SMILES string of the molecule is CN(C)C(=O)C(O)c1cncc(-c2cnc3[nH]cc(-c4cccc(C(F)(F)F)c4)c3c2)c1. The molecule has 2 N–H and O–H groups in total. The number of carbonyl (C=O) groups is 1. The van der Waals surface area contributed by atoms with Gasteiger partial charge in [0, 0.05) is 66.5 Å². The molecule has 4 rings (SSSR count). The van der Waals surface area contributed by atoms with Gasteiger partial charge in [0.25, 0.3) is 5.91 Å². The van der Waals surface area contributed by atoms with E-state index in [4.69, 9.17) is 0 Å². The largest absolute Gasteiger partial charge is 0.416 e. The van der Waals surface area contributed by atoms with Gasteiger partial charge >= 0.3 is 6.18 Å². The van der Waals surface area contributed by atoms with Gasteiger partial charge in [-0.15, -0.1) is 0 Å². The van der Waals surface area contributed by atoms with Gasteiger partial charge in [-0.3, -0.25) is 9.78 Å². The highest BCUT2D eigenvalue weighted by Gasteiger charge is 2.30. The maximum Gasteiger partial charge on any atom is 0.416 e. The number of halogens is 3. The fourth-order valence-electron chi connectivity index (χ4n) is 3.42. The molecule has 0 saturated carbocycles. The number of fused-ring (bicyclic) bond motifs is 1. The summed E-state index contributed by atoms with van der Waals surface area (Å²) in [6.45, 7) is 0. The Morgan fingerprint density at radius 1 is 1.06 bits per heavy atom. The van der Waals surface area contributed by atoms with Crippen LogP contribution in [0.5, 0.6) is 0 Å². The normalized spacial score (nSPS) is 12.7. The Morgan fingerprint density at radius 3 is 2.53 bits per heavy atom. The third-order valence-corrected chi connectivity index (χ3v) is 5.12. The van der Waals surface area contributed by atoms with Gasteiger partial charge in [0.1, 0.15) is 5.65 Å². The van der Waals surface area contributed by atoms with E-state index in [9.17, 15) is 23.1 Å². The summed E-state index contributed by atoms with van der Waals surface area (Å²) in [7, 11) is 3.09. The molecular weight excluding hydrogens is 421 g/mol. The molecule has 0 saturated heterocycles. The standard InChI is InChI=1S/C23H19F3N4O2/c1-30(2)22(32)20(31)16-6-14(9-27-10-16)15-8-18-19(12-29-21(18)28-11-15)13-4-3-5-17(7-13)23(24,25)26/h3-12,20,31H,1-2H3,(H,28,29). The second-order valence-electron chi connectivity index (χ2n) is 7.54. The molecule has 9 heteroatoms. The molecule has 32 heavy (non-hydrogen) atoms. The highest BCUT2D eigenvalue weighted by atomic mass is 19.4. The summed E-state index contributed by atoms with van der Waals surface area (Å²) in [5, 5.41) is 10.9. The number of aliphatic hydroxyl groups excluding tert-OH is 1. The van der Waals surface area contributed by atoms with Gasteiger partial charge in [-0.1, -0.05) is 12.1 Å². The number of aliphatic hydroxyl groups is 1. The highest BCUT2D eigenvalue weighted by molar-refractivity contribution is 5.96. The van der Waals surface area contributed by atoms with Crippen molar-refractivity contribution in [2.24, 2.45) is 0 Å². The zero-order chi connectivity index (χ0) is 23.0. The average Bonchev–Trinajstić information content (AvgIpc) is 3.21. The molecule has 6 nitrogen and oxygen atoms in total. The highest BCUT2D eigenvalue weighted by Crippen LogP contribution is 2.35. The first-order valence-corrected chi connectivity index (χ1v) is 9.64. The first-order chi connectivity index (χ1) is 15.1. The van der Waals surface area contributed by atoms with Gasteiger partial charge in [0.15, 0.2) is 6.10 Å². The topological polar surface area (TPSA) is 82.1 Å². The van der Waals surface area contributed by atoms with Crippen molar-refractivity contribution in [3.63, 3.8) is 0 Å². The minimum Gasteiger partial charge on any atom is -0.378 e. The third kappa shape index (κ3) is 4.06. The predicted octanol–water partition coefficient (Wildman–Crippen LogP) is 4.43. The number of hydrogen-bond acceptors (Lipinski definition) is 4. The predicted molar refractivity (Wildman–Crippen MR) is 113 cm³/mol. The summed E-state index contributed by atoms with van der Waals surface area (Å²) in [4.78, 5) is 24.8. The zero-order valence-electron chi connectivity index (χ0n) is 17.2. The Labute approximate surface area is 181 Å². The van der Waals surface area contributed by atoms with E-state index in [2.05, 4.69) is 15.0 Å². The van der Waals surface area contributed by atoms with Gasteiger partial charge in [0.2, 0.25) is 0 Å². The number of benzene rings is 1. The van der Waals surface area contributed by atoms with Crippen LogP contribution in [0.3, 0.4) is 0 Å². The Morgan fingerprint density at radius 2 is 1.81 bits per heavy atom. The van der Waals surface area contributed by atoms with Crippen molar-refractivity contribution in [3.05, 3.63) is 72.3 Å². The molecule has 1 atom stereocenters. The number of hydrogen-bond donors (Lipinski definition) is 2. The summed E-state index contributed by atoms with van der Waals surface area (Å²) in [6, 6.07) is 8.52. The van der Waals surface area contributed by atoms with Crippen molar-refractivity contribution in [3.8, 4) is 22.3 Å². The third-order valence-electron chi connectivity index (χ3n) is 5.12. The molecule has 4 aromatic rings. The van der Waals surface area contributed by atoms with Crippen molar-refractivity contribution in [2.45, 2.75) is 12.3 Å². The van der Waals surface area contributed by atoms with Gasteiger partial charge < -0.3 is 15.0 Å². The van der Waals surface area contributed by atoms with Gasteiger partial charge in [-0.2, -0.15) is 13.2 Å². The second-order valence-corrected chi connectivity index (χ2v) is 7.54.